The Morgan fingerprint density at radius 1 is 0.0600 bits per heavy atom. The van der Waals surface area contributed by atoms with Gasteiger partial charge in [-0.25, -0.2) is 0 Å². The lowest BCUT2D eigenvalue weighted by molar-refractivity contribution is 1.61. The third-order valence-corrected chi connectivity index (χ3v) is 31.2. The Labute approximate surface area is 870 Å². The summed E-state index contributed by atoms with van der Waals surface area (Å²) < 4.78 is 0. The zero-order valence-electron chi connectivity index (χ0n) is 82.4. The summed E-state index contributed by atoms with van der Waals surface area (Å²) in [4.78, 5) is 0. The number of hydrogen-bond acceptors (Lipinski definition) is 0. The normalized spacial score (nSPS) is 11.6. The monoisotopic (exact) mass is 1900 g/mol. The Hall–Kier alpha value is -19.5. The number of benzene rings is 30. The molecule has 0 aliphatic heterocycles. The Kier molecular flexibility index (Phi) is 22.1. The highest BCUT2D eigenvalue weighted by molar-refractivity contribution is 6.18. The second kappa shape index (κ2) is 37.6. The van der Waals surface area contributed by atoms with E-state index in [-0.39, 0.29) is 0 Å². The number of rotatable bonds is 12. The molecule has 0 bridgehead atoms. The first kappa shape index (κ1) is 88.2. The first-order valence-corrected chi connectivity index (χ1v) is 52.0. The summed E-state index contributed by atoms with van der Waals surface area (Å²) in [6, 6.07) is 214. The minimum absolute atomic E-state index is 1.22. The van der Waals surface area contributed by atoms with E-state index in [1.807, 2.05) is 0 Å². The van der Waals surface area contributed by atoms with Crippen molar-refractivity contribution in [3.8, 4) is 134 Å². The Morgan fingerprint density at radius 2 is 0.233 bits per heavy atom. The quantitative estimate of drug-likeness (QED) is 0.107. The Balaban J connectivity index is 0.000000108. The molecule has 150 heavy (non-hydrogen) atoms. The van der Waals surface area contributed by atoms with Gasteiger partial charge in [0.1, 0.15) is 0 Å². The van der Waals surface area contributed by atoms with Crippen LogP contribution >= 0.6 is 0 Å². The van der Waals surface area contributed by atoms with Crippen molar-refractivity contribution < 1.29 is 0 Å². The fourth-order valence-corrected chi connectivity index (χ4v) is 23.5. The SMILES string of the molecule is c1cc(-c2ccc(-c3ccc(-c4ccc5ccccc5c4)c4ccccc34)c3ccccc23)cc(-c2cc3ccccc3c3ccccc23)c1.c1cc(-c2ccc3ccccc3c2)cc(-c2ccc3c(ccc4cc(-c5ccc6c(ccc7cc(-c8ccc9ccccc9c8)ccc76)c5)ccc43)c2)c1.c1cc(-c2ccc3ccccc3c2)cc(-c2ccc3cc(-c4ccc5cc(-c6cccc7ccccc67)ccc5c4)ccc3c2)c1. The van der Waals surface area contributed by atoms with Crippen molar-refractivity contribution in [1.29, 1.82) is 0 Å². The van der Waals surface area contributed by atoms with Crippen molar-refractivity contribution in [2.24, 2.45) is 0 Å². The predicted octanol–water partition coefficient (Wildman–Crippen LogP) is 42.4. The number of fused-ring (bicyclic) bond motifs is 18. The van der Waals surface area contributed by atoms with Gasteiger partial charge in [-0.2, -0.15) is 0 Å². The lowest BCUT2D eigenvalue weighted by atomic mass is 9.87. The Morgan fingerprint density at radius 3 is 0.587 bits per heavy atom. The van der Waals surface area contributed by atoms with Crippen LogP contribution in [0.5, 0.6) is 0 Å². The summed E-state index contributed by atoms with van der Waals surface area (Å²) in [5.41, 5.74) is 29.8. The maximum absolute atomic E-state index is 2.37. The molecule has 0 saturated carbocycles. The van der Waals surface area contributed by atoms with E-state index in [1.54, 1.807) is 0 Å². The summed E-state index contributed by atoms with van der Waals surface area (Å²) in [7, 11) is 0. The zero-order valence-corrected chi connectivity index (χ0v) is 82.4. The van der Waals surface area contributed by atoms with Crippen LogP contribution in [0.2, 0.25) is 0 Å². The van der Waals surface area contributed by atoms with Gasteiger partial charge in [0, 0.05) is 0 Å². The standard InChI is InChI=1S/C54H34.C50H32.C46H30/c1-3-8-37-28-41(14-12-35(37)6-1)39-10-5-11-40(30-39)43-20-24-51-47(31-43)16-17-49-33-45(22-26-53(49)51)46-23-27-54-50(34-46)19-18-48-32-44(21-25-52(48)54)42-15-13-36-7-2-4-9-38(36)29-42;1-2-13-34-30-38(25-24-33(34)12-1)41-27-29-49(46-22-9-6-20-44(41)46)48-28-26-40(43-19-5-8-21-45(43)48)35-15-11-16-36(31-35)50-32-37-14-3-4-17-39(37)42-18-7-10-23-47(42)50;1-2-9-33-25-36(16-15-31(33)7-1)34-11-5-12-35(26-34)37-17-18-39-28-40(20-19-38(39)27-37)41-21-22-43-30-44(24-23-42(43)29-41)46-14-6-10-32-8-3-4-13-45(32)46/h1-34H;1-32H;1-30H. The van der Waals surface area contributed by atoms with Crippen LogP contribution in [-0.2, 0) is 0 Å². The Bertz CT molecular complexity index is 10700. The summed E-state index contributed by atoms with van der Waals surface area (Å²) in [5, 5.41) is 38.0. The second-order valence-corrected chi connectivity index (χ2v) is 40.0. The average molecular weight is 1900 g/mol. The third kappa shape index (κ3) is 16.5. The topological polar surface area (TPSA) is 0 Å². The average Bonchev–Trinajstić information content (AvgIpc) is 0.746. The van der Waals surface area contributed by atoms with Gasteiger partial charge in [-0.1, -0.05) is 485 Å². The molecule has 0 heteroatoms. The maximum Gasteiger partial charge on any atom is -0.00987 e. The highest BCUT2D eigenvalue weighted by Gasteiger charge is 2.20. The molecule has 30 aromatic carbocycles. The van der Waals surface area contributed by atoms with Crippen molar-refractivity contribution in [2.45, 2.75) is 0 Å². The molecule has 0 radical (unpaired) electrons. The van der Waals surface area contributed by atoms with Crippen LogP contribution in [0.4, 0.5) is 0 Å². The van der Waals surface area contributed by atoms with E-state index < -0.39 is 0 Å². The van der Waals surface area contributed by atoms with E-state index in [1.165, 1.54) is 295 Å². The lowest BCUT2D eigenvalue weighted by Gasteiger charge is -2.17. The van der Waals surface area contributed by atoms with Gasteiger partial charge in [-0.15, -0.1) is 0 Å². The van der Waals surface area contributed by atoms with Gasteiger partial charge in [0.2, 0.25) is 0 Å². The molecule has 0 aliphatic carbocycles. The fraction of sp³-hybridized carbons (Fsp3) is 0. The van der Waals surface area contributed by atoms with Crippen LogP contribution in [0, 0.1) is 0 Å². The van der Waals surface area contributed by atoms with Gasteiger partial charge in [0.05, 0.1) is 0 Å². The first-order valence-electron chi connectivity index (χ1n) is 52.0. The maximum atomic E-state index is 2.37. The summed E-state index contributed by atoms with van der Waals surface area (Å²) in [6.07, 6.45) is 0. The molecule has 30 rings (SSSR count). The van der Waals surface area contributed by atoms with E-state index in [0.29, 0.717) is 0 Å². The van der Waals surface area contributed by atoms with E-state index in [0.717, 1.165) is 0 Å². The first-order chi connectivity index (χ1) is 74.2. The molecule has 0 unspecified atom stereocenters. The highest BCUT2D eigenvalue weighted by Crippen LogP contribution is 2.47. The fourth-order valence-electron chi connectivity index (χ4n) is 23.5. The van der Waals surface area contributed by atoms with Crippen LogP contribution < -0.4 is 0 Å². The zero-order chi connectivity index (χ0) is 99.1. The molecule has 0 fully saturated rings. The van der Waals surface area contributed by atoms with Gasteiger partial charge in [0.25, 0.3) is 0 Å². The van der Waals surface area contributed by atoms with Crippen LogP contribution in [-0.4, -0.2) is 0 Å². The van der Waals surface area contributed by atoms with Crippen molar-refractivity contribution in [3.05, 3.63) is 582 Å². The van der Waals surface area contributed by atoms with Gasteiger partial charge >= 0.3 is 0 Å². The largest absolute Gasteiger partial charge is 0.0616 e. The molecular formula is C150H96. The molecule has 0 spiro atoms. The van der Waals surface area contributed by atoms with Gasteiger partial charge in [-0.05, 0) is 392 Å². The third-order valence-electron chi connectivity index (χ3n) is 31.2. The minimum atomic E-state index is 1.22. The number of hydrogen-bond donors (Lipinski definition) is 0. The summed E-state index contributed by atoms with van der Waals surface area (Å²) in [6.45, 7) is 0. The van der Waals surface area contributed by atoms with Crippen molar-refractivity contribution >= 4 is 162 Å². The molecule has 0 aliphatic rings. The second-order valence-electron chi connectivity index (χ2n) is 40.0. The molecule has 30 aromatic rings. The van der Waals surface area contributed by atoms with Gasteiger partial charge in [0.15, 0.2) is 0 Å². The summed E-state index contributed by atoms with van der Waals surface area (Å²) in [5.74, 6) is 0. The molecule has 0 aromatic heterocycles. The lowest BCUT2D eigenvalue weighted by Crippen LogP contribution is -1.90. The molecule has 0 amide bonds. The van der Waals surface area contributed by atoms with Crippen molar-refractivity contribution in [2.75, 3.05) is 0 Å². The molecule has 0 N–H and O–H groups in total. The molecule has 0 nitrogen and oxygen atoms in total. The van der Waals surface area contributed by atoms with E-state index >= 15 is 0 Å². The van der Waals surface area contributed by atoms with E-state index in [9.17, 15) is 0 Å². The molecule has 0 atom stereocenters. The smallest absolute Gasteiger partial charge is 0.00987 e. The van der Waals surface area contributed by atoms with Crippen LogP contribution in [0.1, 0.15) is 0 Å². The molecule has 0 heterocycles. The van der Waals surface area contributed by atoms with E-state index in [2.05, 4.69) is 582 Å². The predicted molar refractivity (Wildman–Crippen MR) is 647 cm³/mol. The van der Waals surface area contributed by atoms with Crippen LogP contribution in [0.15, 0.2) is 582 Å². The van der Waals surface area contributed by atoms with E-state index in [4.69, 9.17) is 0 Å². The van der Waals surface area contributed by atoms with Crippen LogP contribution in [0.3, 0.4) is 0 Å². The molecule has 0 saturated heterocycles. The van der Waals surface area contributed by atoms with Gasteiger partial charge < -0.3 is 0 Å². The van der Waals surface area contributed by atoms with Crippen molar-refractivity contribution in [1.82, 2.24) is 0 Å². The molecule has 696 valence electrons. The minimum Gasteiger partial charge on any atom is -0.0616 e. The van der Waals surface area contributed by atoms with Gasteiger partial charge in [-0.3, -0.25) is 0 Å². The van der Waals surface area contributed by atoms with Crippen molar-refractivity contribution in [3.63, 3.8) is 0 Å². The molecular weight excluding hydrogens is 1800 g/mol. The van der Waals surface area contributed by atoms with Crippen LogP contribution in [0.25, 0.3) is 295 Å². The highest BCUT2D eigenvalue weighted by atomic mass is 14.2. The summed E-state index contributed by atoms with van der Waals surface area (Å²) >= 11 is 0.